The Labute approximate surface area is 74.5 Å². The monoisotopic (exact) mass is 166 g/mol. The Balaban J connectivity index is 2.05. The Morgan fingerprint density at radius 3 is 2.58 bits per heavy atom. The molecule has 2 rings (SSSR count). The lowest BCUT2D eigenvalue weighted by Crippen LogP contribution is -2.36. The third kappa shape index (κ3) is 1.42. The molecular weight excluding hydrogens is 148 g/mol. The summed E-state index contributed by atoms with van der Waals surface area (Å²) in [6.45, 7) is 2.02. The summed E-state index contributed by atoms with van der Waals surface area (Å²) in [7, 11) is 0. The topological polar surface area (TPSA) is 20.2 Å². The molecule has 0 bridgehead atoms. The number of hydrogen-bond donors (Lipinski definition) is 1. The van der Waals surface area contributed by atoms with E-state index in [9.17, 15) is 5.11 Å². The standard InChI is InChI=1S/C11H18O/c1-11(12,10-7-8-10)9-5-3-2-4-6-9/h3,5,9-10,12H,2,4,6-8H2,1H3/t9-,11-/m0/s1. The van der Waals surface area contributed by atoms with Gasteiger partial charge in [0, 0.05) is 5.92 Å². The van der Waals surface area contributed by atoms with Crippen molar-refractivity contribution in [2.45, 2.75) is 44.6 Å². The number of rotatable bonds is 2. The molecule has 1 N–H and O–H groups in total. The molecule has 68 valence electrons. The number of hydrogen-bond acceptors (Lipinski definition) is 1. The molecule has 0 aliphatic heterocycles. The van der Waals surface area contributed by atoms with E-state index in [1.807, 2.05) is 6.92 Å². The molecule has 0 amide bonds. The zero-order chi connectivity index (χ0) is 8.60. The van der Waals surface area contributed by atoms with Crippen molar-refractivity contribution in [1.29, 1.82) is 0 Å². The largest absolute Gasteiger partial charge is 0.389 e. The molecule has 0 spiro atoms. The van der Waals surface area contributed by atoms with Crippen molar-refractivity contribution < 1.29 is 5.11 Å². The highest BCUT2D eigenvalue weighted by atomic mass is 16.3. The Kier molecular flexibility index (Phi) is 1.99. The van der Waals surface area contributed by atoms with Gasteiger partial charge in [0.05, 0.1) is 5.60 Å². The molecular formula is C11H18O. The minimum atomic E-state index is -0.406. The average Bonchev–Trinajstić information content (AvgIpc) is 2.88. The fourth-order valence-corrected chi connectivity index (χ4v) is 2.27. The van der Waals surface area contributed by atoms with Crippen molar-refractivity contribution in [2.75, 3.05) is 0 Å². The lowest BCUT2D eigenvalue weighted by molar-refractivity contribution is -0.00878. The predicted molar refractivity (Wildman–Crippen MR) is 49.8 cm³/mol. The maximum atomic E-state index is 10.2. The summed E-state index contributed by atoms with van der Waals surface area (Å²) in [6.07, 6.45) is 10.6. The van der Waals surface area contributed by atoms with E-state index in [1.54, 1.807) is 0 Å². The third-order valence-corrected chi connectivity index (χ3v) is 3.41. The van der Waals surface area contributed by atoms with Gasteiger partial charge in [0.1, 0.15) is 0 Å². The molecule has 0 aromatic carbocycles. The van der Waals surface area contributed by atoms with E-state index in [0.717, 1.165) is 0 Å². The van der Waals surface area contributed by atoms with Crippen LogP contribution in [0.4, 0.5) is 0 Å². The summed E-state index contributed by atoms with van der Waals surface area (Å²) in [6, 6.07) is 0. The molecule has 0 saturated heterocycles. The van der Waals surface area contributed by atoms with Gasteiger partial charge in [0.25, 0.3) is 0 Å². The molecule has 1 nitrogen and oxygen atoms in total. The van der Waals surface area contributed by atoms with Gasteiger partial charge in [-0.3, -0.25) is 0 Å². The molecule has 0 unspecified atom stereocenters. The van der Waals surface area contributed by atoms with Gasteiger partial charge in [-0.2, -0.15) is 0 Å². The lowest BCUT2D eigenvalue weighted by atomic mass is 9.79. The SMILES string of the molecule is C[C@@](O)(C1CC1)[C@H]1C=CCCC1. The van der Waals surface area contributed by atoms with Crippen molar-refractivity contribution >= 4 is 0 Å². The quantitative estimate of drug-likeness (QED) is 0.625. The van der Waals surface area contributed by atoms with Crippen molar-refractivity contribution in [2.24, 2.45) is 11.8 Å². The van der Waals surface area contributed by atoms with Gasteiger partial charge in [-0.25, -0.2) is 0 Å². The first-order valence-electron chi connectivity index (χ1n) is 5.10. The zero-order valence-electron chi connectivity index (χ0n) is 7.79. The van der Waals surface area contributed by atoms with E-state index in [0.29, 0.717) is 11.8 Å². The summed E-state index contributed by atoms with van der Waals surface area (Å²) in [5.41, 5.74) is -0.406. The maximum absolute atomic E-state index is 10.2. The molecule has 2 aliphatic rings. The van der Waals surface area contributed by atoms with E-state index in [2.05, 4.69) is 12.2 Å². The molecule has 0 radical (unpaired) electrons. The third-order valence-electron chi connectivity index (χ3n) is 3.41. The molecule has 0 aromatic heterocycles. The van der Waals surface area contributed by atoms with Crippen LogP contribution in [0.15, 0.2) is 12.2 Å². The molecule has 2 atom stereocenters. The highest BCUT2D eigenvalue weighted by molar-refractivity contribution is 5.06. The van der Waals surface area contributed by atoms with Crippen LogP contribution < -0.4 is 0 Å². The first kappa shape index (κ1) is 8.31. The predicted octanol–water partition coefficient (Wildman–Crippen LogP) is 2.50. The van der Waals surface area contributed by atoms with Gasteiger partial charge in [-0.15, -0.1) is 0 Å². The van der Waals surface area contributed by atoms with Crippen LogP contribution in [0.5, 0.6) is 0 Å². The van der Waals surface area contributed by atoms with Crippen LogP contribution in [0, 0.1) is 11.8 Å². The maximum Gasteiger partial charge on any atom is 0.0710 e. The highest BCUT2D eigenvalue weighted by Crippen LogP contribution is 2.45. The normalized spacial score (nSPS) is 34.7. The van der Waals surface area contributed by atoms with Crippen LogP contribution in [-0.4, -0.2) is 10.7 Å². The molecule has 1 heteroatoms. The smallest absolute Gasteiger partial charge is 0.0710 e. The Morgan fingerprint density at radius 1 is 1.33 bits per heavy atom. The summed E-state index contributed by atoms with van der Waals surface area (Å²) >= 11 is 0. The Hall–Kier alpha value is -0.300. The highest BCUT2D eigenvalue weighted by Gasteiger charge is 2.44. The Bertz CT molecular complexity index is 189. The van der Waals surface area contributed by atoms with Crippen LogP contribution in [0.25, 0.3) is 0 Å². The van der Waals surface area contributed by atoms with Gasteiger partial charge < -0.3 is 5.11 Å². The molecule has 1 fully saturated rings. The van der Waals surface area contributed by atoms with Crippen molar-refractivity contribution in [3.63, 3.8) is 0 Å². The molecule has 1 saturated carbocycles. The summed E-state index contributed by atoms with van der Waals surface area (Å²) in [5.74, 6) is 1.02. The van der Waals surface area contributed by atoms with E-state index in [4.69, 9.17) is 0 Å². The zero-order valence-corrected chi connectivity index (χ0v) is 7.79. The van der Waals surface area contributed by atoms with E-state index >= 15 is 0 Å². The van der Waals surface area contributed by atoms with Crippen molar-refractivity contribution in [3.05, 3.63) is 12.2 Å². The number of aliphatic hydroxyl groups is 1. The second kappa shape index (κ2) is 2.88. The van der Waals surface area contributed by atoms with Crippen LogP contribution >= 0.6 is 0 Å². The average molecular weight is 166 g/mol. The lowest BCUT2D eigenvalue weighted by Gasteiger charge is -2.32. The fraction of sp³-hybridized carbons (Fsp3) is 0.818. The minimum Gasteiger partial charge on any atom is -0.389 e. The first-order valence-corrected chi connectivity index (χ1v) is 5.10. The Morgan fingerprint density at radius 2 is 2.08 bits per heavy atom. The minimum absolute atomic E-state index is 0.406. The number of allylic oxidation sites excluding steroid dienone is 1. The van der Waals surface area contributed by atoms with Gasteiger partial charge in [-0.05, 0) is 44.9 Å². The molecule has 2 aliphatic carbocycles. The second-order valence-corrected chi connectivity index (χ2v) is 4.47. The summed E-state index contributed by atoms with van der Waals surface area (Å²) < 4.78 is 0. The molecule has 0 aromatic rings. The summed E-state index contributed by atoms with van der Waals surface area (Å²) in [5, 5.41) is 10.2. The van der Waals surface area contributed by atoms with E-state index in [1.165, 1.54) is 32.1 Å². The van der Waals surface area contributed by atoms with Crippen LogP contribution in [-0.2, 0) is 0 Å². The summed E-state index contributed by atoms with van der Waals surface area (Å²) in [4.78, 5) is 0. The molecule has 12 heavy (non-hydrogen) atoms. The van der Waals surface area contributed by atoms with Gasteiger partial charge in [-0.1, -0.05) is 12.2 Å². The van der Waals surface area contributed by atoms with Gasteiger partial charge in [0.2, 0.25) is 0 Å². The second-order valence-electron chi connectivity index (χ2n) is 4.47. The van der Waals surface area contributed by atoms with E-state index in [-0.39, 0.29) is 0 Å². The van der Waals surface area contributed by atoms with Crippen LogP contribution in [0.3, 0.4) is 0 Å². The van der Waals surface area contributed by atoms with Crippen molar-refractivity contribution in [3.8, 4) is 0 Å². The van der Waals surface area contributed by atoms with E-state index < -0.39 is 5.60 Å². The molecule has 0 heterocycles. The first-order chi connectivity index (χ1) is 5.71. The van der Waals surface area contributed by atoms with Gasteiger partial charge >= 0.3 is 0 Å². The van der Waals surface area contributed by atoms with Gasteiger partial charge in [0.15, 0.2) is 0 Å². The van der Waals surface area contributed by atoms with Crippen molar-refractivity contribution in [1.82, 2.24) is 0 Å². The van der Waals surface area contributed by atoms with Crippen LogP contribution in [0.2, 0.25) is 0 Å². The van der Waals surface area contributed by atoms with Crippen LogP contribution in [0.1, 0.15) is 39.0 Å². The fourth-order valence-electron chi connectivity index (χ4n) is 2.27.